The zero-order valence-corrected chi connectivity index (χ0v) is 17.2. The topological polar surface area (TPSA) is 79.9 Å². The summed E-state index contributed by atoms with van der Waals surface area (Å²) in [5.41, 5.74) is 1.59. The van der Waals surface area contributed by atoms with Crippen LogP contribution in [-0.4, -0.2) is 35.3 Å². The number of nitrogens with zero attached hydrogens (tertiary/aromatic N) is 3. The van der Waals surface area contributed by atoms with Crippen molar-refractivity contribution >= 4 is 18.2 Å². The fourth-order valence-corrected chi connectivity index (χ4v) is 3.36. The van der Waals surface area contributed by atoms with Gasteiger partial charge in [0.05, 0.1) is 36.1 Å². The minimum Gasteiger partial charge on any atom is -0.371 e. The van der Waals surface area contributed by atoms with Gasteiger partial charge in [-0.25, -0.2) is 13.5 Å². The van der Waals surface area contributed by atoms with Crippen LogP contribution in [0.5, 0.6) is 0 Å². The van der Waals surface area contributed by atoms with Crippen LogP contribution in [0, 0.1) is 23.0 Å². The van der Waals surface area contributed by atoms with E-state index in [4.69, 9.17) is 10.00 Å². The van der Waals surface area contributed by atoms with Crippen molar-refractivity contribution in [2.75, 3.05) is 19.7 Å². The SMILES string of the molecule is Cl.N#Cc1ccc(-n2cc(C(=O)Cc3ccc([C@H]4CNCCO4)c(F)c3)cn2)c(F)c1. The molecule has 1 atom stereocenters. The molecule has 0 bridgehead atoms. The Morgan fingerprint density at radius 3 is 2.77 bits per heavy atom. The van der Waals surface area contributed by atoms with Gasteiger partial charge in [-0.05, 0) is 29.8 Å². The van der Waals surface area contributed by atoms with Gasteiger partial charge in [-0.2, -0.15) is 10.4 Å². The van der Waals surface area contributed by atoms with Gasteiger partial charge < -0.3 is 10.1 Å². The Kier molecular flexibility index (Phi) is 7.13. The number of hydrogen-bond acceptors (Lipinski definition) is 5. The first kappa shape index (κ1) is 22.6. The second kappa shape index (κ2) is 9.79. The van der Waals surface area contributed by atoms with E-state index in [2.05, 4.69) is 10.4 Å². The van der Waals surface area contributed by atoms with Crippen molar-refractivity contribution in [1.82, 2.24) is 15.1 Å². The molecular formula is C22H19ClF2N4O2. The zero-order chi connectivity index (χ0) is 21.1. The molecule has 1 fully saturated rings. The lowest BCUT2D eigenvalue weighted by atomic mass is 10.0. The number of Topliss-reactive ketones (excluding diaryl/α,β-unsaturated/α-hetero) is 1. The van der Waals surface area contributed by atoms with Crippen LogP contribution in [0.2, 0.25) is 0 Å². The van der Waals surface area contributed by atoms with Crippen LogP contribution in [0.25, 0.3) is 5.69 Å². The van der Waals surface area contributed by atoms with Crippen LogP contribution in [0.4, 0.5) is 8.78 Å². The summed E-state index contributed by atoms with van der Waals surface area (Å²) in [5, 5.41) is 16.0. The molecule has 0 unspecified atom stereocenters. The molecule has 160 valence electrons. The molecule has 4 rings (SSSR count). The molecule has 0 saturated carbocycles. The smallest absolute Gasteiger partial charge is 0.170 e. The number of halogens is 3. The standard InChI is InChI=1S/C22H18F2N4O2.ClH/c23-18-7-14(1-3-17(18)22-12-26-5-6-30-22)9-21(29)16-11-27-28(13-16)20-4-2-15(10-25)8-19(20)24;/h1-4,7-8,11,13,22,26H,5-6,9,12H2;1H/t22-;/m1./s1. The van der Waals surface area contributed by atoms with Gasteiger partial charge in [0.25, 0.3) is 0 Å². The van der Waals surface area contributed by atoms with Gasteiger partial charge in [-0.3, -0.25) is 4.79 Å². The molecule has 0 radical (unpaired) electrons. The highest BCUT2D eigenvalue weighted by molar-refractivity contribution is 5.97. The van der Waals surface area contributed by atoms with E-state index in [0.29, 0.717) is 24.3 Å². The normalized spacial score (nSPS) is 15.7. The number of carbonyl (C=O) groups is 1. The fraction of sp³-hybridized carbons (Fsp3) is 0.227. The second-order valence-corrected chi connectivity index (χ2v) is 6.97. The Hall–Kier alpha value is -3.12. The summed E-state index contributed by atoms with van der Waals surface area (Å²) in [6.45, 7) is 1.80. The third-order valence-corrected chi connectivity index (χ3v) is 4.93. The van der Waals surface area contributed by atoms with Crippen LogP contribution in [-0.2, 0) is 11.2 Å². The lowest BCUT2D eigenvalue weighted by Crippen LogP contribution is -2.33. The number of ether oxygens (including phenoxy) is 1. The first-order valence-corrected chi connectivity index (χ1v) is 9.43. The van der Waals surface area contributed by atoms with E-state index in [9.17, 15) is 13.6 Å². The Morgan fingerprint density at radius 1 is 1.26 bits per heavy atom. The number of ketones is 1. The maximum absolute atomic E-state index is 14.5. The molecule has 0 amide bonds. The minimum atomic E-state index is -0.617. The van der Waals surface area contributed by atoms with Gasteiger partial charge in [-0.1, -0.05) is 12.1 Å². The summed E-state index contributed by atoms with van der Waals surface area (Å²) in [7, 11) is 0. The number of carbonyl (C=O) groups excluding carboxylic acids is 1. The Balaban J connectivity index is 0.00000272. The number of nitrogens with one attached hydrogen (secondary N) is 1. The Labute approximate surface area is 183 Å². The lowest BCUT2D eigenvalue weighted by Gasteiger charge is -2.24. The summed E-state index contributed by atoms with van der Waals surface area (Å²) < 4.78 is 35.5. The van der Waals surface area contributed by atoms with E-state index in [1.165, 1.54) is 35.3 Å². The van der Waals surface area contributed by atoms with E-state index in [1.807, 2.05) is 6.07 Å². The van der Waals surface area contributed by atoms with Gasteiger partial charge in [0.1, 0.15) is 17.3 Å². The highest BCUT2D eigenvalue weighted by Crippen LogP contribution is 2.23. The first-order valence-electron chi connectivity index (χ1n) is 9.43. The lowest BCUT2D eigenvalue weighted by molar-refractivity contribution is 0.0255. The molecule has 0 aliphatic carbocycles. The fourth-order valence-electron chi connectivity index (χ4n) is 3.36. The van der Waals surface area contributed by atoms with Crippen molar-refractivity contribution in [1.29, 1.82) is 5.26 Å². The zero-order valence-electron chi connectivity index (χ0n) is 16.3. The number of nitriles is 1. The van der Waals surface area contributed by atoms with Crippen molar-refractivity contribution in [2.45, 2.75) is 12.5 Å². The molecule has 0 spiro atoms. The van der Waals surface area contributed by atoms with Crippen molar-refractivity contribution < 1.29 is 18.3 Å². The van der Waals surface area contributed by atoms with Crippen LogP contribution in [0.1, 0.15) is 33.2 Å². The molecule has 1 aliphatic rings. The predicted molar refractivity (Wildman–Crippen MR) is 111 cm³/mol. The van der Waals surface area contributed by atoms with Crippen LogP contribution >= 0.6 is 12.4 Å². The molecule has 31 heavy (non-hydrogen) atoms. The average Bonchev–Trinajstić information content (AvgIpc) is 3.24. The Bertz CT molecular complexity index is 1140. The summed E-state index contributed by atoms with van der Waals surface area (Å²) in [6, 6.07) is 10.6. The van der Waals surface area contributed by atoms with Crippen molar-refractivity contribution in [3.05, 3.63) is 82.7 Å². The highest BCUT2D eigenvalue weighted by Gasteiger charge is 2.20. The molecule has 1 aromatic heterocycles. The first-order chi connectivity index (χ1) is 14.5. The molecular weight excluding hydrogens is 426 g/mol. The van der Waals surface area contributed by atoms with Crippen LogP contribution in [0.15, 0.2) is 48.8 Å². The number of morpholine rings is 1. The van der Waals surface area contributed by atoms with Gasteiger partial charge in [-0.15, -0.1) is 12.4 Å². The third kappa shape index (κ3) is 4.97. The second-order valence-electron chi connectivity index (χ2n) is 6.97. The minimum absolute atomic E-state index is 0. The summed E-state index contributed by atoms with van der Waals surface area (Å²) in [6.07, 6.45) is 2.40. The van der Waals surface area contributed by atoms with Crippen molar-refractivity contribution in [2.24, 2.45) is 0 Å². The maximum Gasteiger partial charge on any atom is 0.170 e. The maximum atomic E-state index is 14.5. The van der Waals surface area contributed by atoms with Crippen LogP contribution in [0.3, 0.4) is 0 Å². The number of hydrogen-bond donors (Lipinski definition) is 1. The quantitative estimate of drug-likeness (QED) is 0.609. The molecule has 3 aromatic rings. The number of benzene rings is 2. The molecule has 1 aliphatic heterocycles. The number of aromatic nitrogens is 2. The number of rotatable bonds is 5. The Morgan fingerprint density at radius 2 is 2.10 bits per heavy atom. The van der Waals surface area contributed by atoms with Gasteiger partial charge in [0.2, 0.25) is 0 Å². The van der Waals surface area contributed by atoms with Crippen molar-refractivity contribution in [3.63, 3.8) is 0 Å². The van der Waals surface area contributed by atoms with E-state index in [0.717, 1.165) is 12.6 Å². The predicted octanol–water partition coefficient (Wildman–Crippen LogP) is 3.53. The summed E-state index contributed by atoms with van der Waals surface area (Å²) >= 11 is 0. The molecule has 6 nitrogen and oxygen atoms in total. The van der Waals surface area contributed by atoms with Gasteiger partial charge in [0, 0.05) is 31.3 Å². The van der Waals surface area contributed by atoms with Crippen LogP contribution < -0.4 is 5.32 Å². The molecule has 1 N–H and O–H groups in total. The van der Waals surface area contributed by atoms with E-state index >= 15 is 0 Å². The molecule has 2 heterocycles. The highest BCUT2D eigenvalue weighted by atomic mass is 35.5. The van der Waals surface area contributed by atoms with E-state index < -0.39 is 11.6 Å². The van der Waals surface area contributed by atoms with E-state index in [1.54, 1.807) is 12.1 Å². The van der Waals surface area contributed by atoms with Gasteiger partial charge in [0.15, 0.2) is 5.78 Å². The largest absolute Gasteiger partial charge is 0.371 e. The van der Waals surface area contributed by atoms with Crippen molar-refractivity contribution in [3.8, 4) is 11.8 Å². The third-order valence-electron chi connectivity index (χ3n) is 4.93. The molecule has 9 heteroatoms. The van der Waals surface area contributed by atoms with Gasteiger partial charge >= 0.3 is 0 Å². The summed E-state index contributed by atoms with van der Waals surface area (Å²) in [5.74, 6) is -1.30. The summed E-state index contributed by atoms with van der Waals surface area (Å²) in [4.78, 5) is 12.6. The molecule has 1 saturated heterocycles. The molecule has 2 aromatic carbocycles. The monoisotopic (exact) mass is 444 g/mol. The average molecular weight is 445 g/mol. The van der Waals surface area contributed by atoms with E-state index in [-0.39, 0.29) is 47.5 Å².